The molecule has 1 N–H and O–H groups in total. The molecule has 37 heavy (non-hydrogen) atoms. The van der Waals surface area contributed by atoms with E-state index in [4.69, 9.17) is 4.74 Å². The number of carbonyl (C=O) groups is 2. The minimum absolute atomic E-state index is 0.102. The zero-order chi connectivity index (χ0) is 27.0. The number of rotatable bonds is 11. The average Bonchev–Trinajstić information content (AvgIpc) is 2.87. The summed E-state index contributed by atoms with van der Waals surface area (Å²) in [6, 6.07) is 13.4. The molecular formula is C27H36BrN3O5S. The molecule has 2 aromatic carbocycles. The second kappa shape index (κ2) is 13.3. The molecule has 0 saturated heterocycles. The van der Waals surface area contributed by atoms with Gasteiger partial charge in [-0.05, 0) is 68.7 Å². The number of hydrogen-bond donors (Lipinski definition) is 1. The van der Waals surface area contributed by atoms with Crippen LogP contribution in [-0.4, -0.2) is 56.6 Å². The molecule has 0 bridgehead atoms. The van der Waals surface area contributed by atoms with Crippen LogP contribution < -0.4 is 14.4 Å². The minimum Gasteiger partial charge on any atom is -0.494 e. The van der Waals surface area contributed by atoms with Gasteiger partial charge in [-0.3, -0.25) is 13.9 Å². The summed E-state index contributed by atoms with van der Waals surface area (Å²) in [6.07, 6.45) is 6.24. The van der Waals surface area contributed by atoms with Crippen molar-refractivity contribution in [2.24, 2.45) is 0 Å². The Kier molecular flexibility index (Phi) is 10.4. The van der Waals surface area contributed by atoms with Crippen molar-refractivity contribution in [2.45, 2.75) is 64.6 Å². The molecule has 0 unspecified atom stereocenters. The number of amides is 2. The lowest BCUT2D eigenvalue weighted by Gasteiger charge is -2.33. The molecular weight excluding hydrogens is 558 g/mol. The van der Waals surface area contributed by atoms with Gasteiger partial charge in [-0.25, -0.2) is 8.42 Å². The number of hydrogen-bond acceptors (Lipinski definition) is 5. The van der Waals surface area contributed by atoms with Gasteiger partial charge in [0.1, 0.15) is 18.3 Å². The minimum atomic E-state index is -3.78. The summed E-state index contributed by atoms with van der Waals surface area (Å²) in [4.78, 5) is 28.3. The standard InChI is InChI=1S/C27H36BrN3O5S/c1-4-36-25-16-14-24(15-17-25)31(37(3,34)35)19-26(32)30(18-21-10-12-22(28)13-11-21)20(2)27(33)29-23-8-6-5-7-9-23/h10-17,20,23H,4-9,18-19H2,1-3H3,(H,29,33)/t20-/m1/s1. The fraction of sp³-hybridized carbons (Fsp3) is 0.481. The van der Waals surface area contributed by atoms with Crippen LogP contribution in [0.25, 0.3) is 0 Å². The summed E-state index contributed by atoms with van der Waals surface area (Å²) in [5.41, 5.74) is 1.18. The maximum Gasteiger partial charge on any atom is 0.244 e. The van der Waals surface area contributed by atoms with Crippen molar-refractivity contribution in [3.05, 3.63) is 58.6 Å². The van der Waals surface area contributed by atoms with E-state index in [0.717, 1.165) is 46.3 Å². The summed E-state index contributed by atoms with van der Waals surface area (Å²) in [6.45, 7) is 3.79. The third-order valence-corrected chi connectivity index (χ3v) is 8.17. The zero-order valence-electron chi connectivity index (χ0n) is 21.7. The molecule has 0 aromatic heterocycles. The van der Waals surface area contributed by atoms with Gasteiger partial charge in [0.2, 0.25) is 21.8 Å². The molecule has 0 radical (unpaired) electrons. The predicted molar refractivity (Wildman–Crippen MR) is 149 cm³/mol. The van der Waals surface area contributed by atoms with E-state index in [-0.39, 0.29) is 18.5 Å². The van der Waals surface area contributed by atoms with Crippen LogP contribution in [0.1, 0.15) is 51.5 Å². The van der Waals surface area contributed by atoms with Gasteiger partial charge < -0.3 is 15.0 Å². The normalized spacial score (nSPS) is 15.0. The van der Waals surface area contributed by atoms with Crippen LogP contribution in [0.4, 0.5) is 5.69 Å². The number of sulfonamides is 1. The number of halogens is 1. The molecule has 2 amide bonds. The monoisotopic (exact) mass is 593 g/mol. The Hall–Kier alpha value is -2.59. The second-order valence-corrected chi connectivity index (χ2v) is 12.2. The third-order valence-electron chi connectivity index (χ3n) is 6.50. The van der Waals surface area contributed by atoms with Gasteiger partial charge in [-0.15, -0.1) is 0 Å². The van der Waals surface area contributed by atoms with Crippen LogP contribution in [0, 0.1) is 0 Å². The topological polar surface area (TPSA) is 96.0 Å². The van der Waals surface area contributed by atoms with E-state index in [1.807, 2.05) is 31.2 Å². The molecule has 0 heterocycles. The molecule has 1 saturated carbocycles. The summed E-state index contributed by atoms with van der Waals surface area (Å²) < 4.78 is 32.8. The van der Waals surface area contributed by atoms with Gasteiger partial charge in [-0.1, -0.05) is 47.3 Å². The molecule has 0 spiro atoms. The number of nitrogens with zero attached hydrogens (tertiary/aromatic N) is 2. The molecule has 3 rings (SSSR count). The van der Waals surface area contributed by atoms with Crippen molar-refractivity contribution in [3.8, 4) is 5.75 Å². The highest BCUT2D eigenvalue weighted by Gasteiger charge is 2.31. The van der Waals surface area contributed by atoms with Gasteiger partial charge >= 0.3 is 0 Å². The van der Waals surface area contributed by atoms with E-state index >= 15 is 0 Å². The molecule has 202 valence electrons. The Morgan fingerprint density at radius 1 is 1.05 bits per heavy atom. The molecule has 1 fully saturated rings. The van der Waals surface area contributed by atoms with Gasteiger partial charge in [0.25, 0.3) is 0 Å². The number of ether oxygens (including phenoxy) is 1. The quantitative estimate of drug-likeness (QED) is 0.414. The van der Waals surface area contributed by atoms with Crippen LogP contribution in [0.2, 0.25) is 0 Å². The molecule has 1 aliphatic carbocycles. The van der Waals surface area contributed by atoms with Crippen LogP contribution in [0.15, 0.2) is 53.0 Å². The van der Waals surface area contributed by atoms with Crippen molar-refractivity contribution < 1.29 is 22.7 Å². The fourth-order valence-corrected chi connectivity index (χ4v) is 5.54. The summed E-state index contributed by atoms with van der Waals surface area (Å²) >= 11 is 3.42. The first-order valence-electron chi connectivity index (χ1n) is 12.6. The lowest BCUT2D eigenvalue weighted by molar-refractivity contribution is -0.139. The van der Waals surface area contributed by atoms with Crippen LogP contribution in [0.5, 0.6) is 5.75 Å². The first-order valence-corrected chi connectivity index (χ1v) is 15.3. The molecule has 8 nitrogen and oxygen atoms in total. The highest BCUT2D eigenvalue weighted by molar-refractivity contribution is 9.10. The van der Waals surface area contributed by atoms with E-state index in [1.54, 1.807) is 31.2 Å². The highest BCUT2D eigenvalue weighted by atomic mass is 79.9. The summed E-state index contributed by atoms with van der Waals surface area (Å²) in [5.74, 6) is -0.0891. The van der Waals surface area contributed by atoms with Crippen molar-refractivity contribution in [1.82, 2.24) is 10.2 Å². The highest BCUT2D eigenvalue weighted by Crippen LogP contribution is 2.23. The van der Waals surface area contributed by atoms with Crippen LogP contribution in [0.3, 0.4) is 0 Å². The zero-order valence-corrected chi connectivity index (χ0v) is 24.1. The van der Waals surface area contributed by atoms with E-state index in [9.17, 15) is 18.0 Å². The summed E-state index contributed by atoms with van der Waals surface area (Å²) in [5, 5.41) is 3.10. The lowest BCUT2D eigenvalue weighted by atomic mass is 9.95. The van der Waals surface area contributed by atoms with Crippen molar-refractivity contribution >= 4 is 43.5 Å². The Labute approximate surface area is 228 Å². The molecule has 2 aromatic rings. The number of carbonyl (C=O) groups excluding carboxylic acids is 2. The van der Waals surface area contributed by atoms with Gasteiger partial charge in [-0.2, -0.15) is 0 Å². The largest absolute Gasteiger partial charge is 0.494 e. The first kappa shape index (κ1) is 29.0. The van der Waals surface area contributed by atoms with Crippen LogP contribution >= 0.6 is 15.9 Å². The Balaban J connectivity index is 1.84. The van der Waals surface area contributed by atoms with Crippen molar-refractivity contribution in [3.63, 3.8) is 0 Å². The maximum atomic E-state index is 13.7. The van der Waals surface area contributed by atoms with Crippen LogP contribution in [-0.2, 0) is 26.2 Å². The second-order valence-electron chi connectivity index (χ2n) is 9.36. The molecule has 1 aliphatic rings. The SMILES string of the molecule is CCOc1ccc(N(CC(=O)N(Cc2ccc(Br)cc2)[C@H](C)C(=O)NC2CCCCC2)S(C)(=O)=O)cc1. The number of anilines is 1. The Morgan fingerprint density at radius 3 is 2.24 bits per heavy atom. The van der Waals surface area contributed by atoms with Crippen molar-refractivity contribution in [2.75, 3.05) is 23.7 Å². The summed E-state index contributed by atoms with van der Waals surface area (Å²) in [7, 11) is -3.78. The Morgan fingerprint density at radius 2 is 1.68 bits per heavy atom. The average molecular weight is 595 g/mol. The smallest absolute Gasteiger partial charge is 0.244 e. The third kappa shape index (κ3) is 8.46. The van der Waals surface area contributed by atoms with Gasteiger partial charge in [0.15, 0.2) is 0 Å². The van der Waals surface area contributed by atoms with Crippen molar-refractivity contribution in [1.29, 1.82) is 0 Å². The maximum absolute atomic E-state index is 13.7. The van der Waals surface area contributed by atoms with E-state index in [2.05, 4.69) is 21.2 Å². The molecule has 1 atom stereocenters. The number of benzene rings is 2. The fourth-order valence-electron chi connectivity index (χ4n) is 4.43. The predicted octanol–water partition coefficient (Wildman–Crippen LogP) is 4.48. The van der Waals surface area contributed by atoms with Gasteiger partial charge in [0, 0.05) is 17.1 Å². The number of nitrogens with one attached hydrogen (secondary N) is 1. The first-order chi connectivity index (χ1) is 17.6. The Bertz CT molecular complexity index is 1150. The van der Waals surface area contributed by atoms with E-state index in [1.165, 1.54) is 11.3 Å². The lowest BCUT2D eigenvalue weighted by Crippen LogP contribution is -2.52. The van der Waals surface area contributed by atoms with E-state index in [0.29, 0.717) is 18.0 Å². The van der Waals surface area contributed by atoms with Gasteiger partial charge in [0.05, 0.1) is 18.6 Å². The molecule has 0 aliphatic heterocycles. The molecule has 10 heteroatoms. The van der Waals surface area contributed by atoms with E-state index < -0.39 is 28.5 Å².